The monoisotopic (exact) mass is 284 g/mol. The highest BCUT2D eigenvalue weighted by Crippen LogP contribution is 2.20. The van der Waals surface area contributed by atoms with Crippen LogP contribution in [0.1, 0.15) is 19.4 Å². The number of benzene rings is 1. The minimum atomic E-state index is 0.0442. The number of rotatable bonds is 5. The van der Waals surface area contributed by atoms with Crippen molar-refractivity contribution in [3.63, 3.8) is 0 Å². The lowest BCUT2D eigenvalue weighted by Gasteiger charge is -2.37. The molecule has 0 saturated carbocycles. The van der Waals surface area contributed by atoms with Crippen LogP contribution in [0.2, 0.25) is 0 Å². The molecule has 0 aliphatic heterocycles. The van der Waals surface area contributed by atoms with Crippen LogP contribution in [0.3, 0.4) is 0 Å². The Morgan fingerprint density at radius 1 is 1.31 bits per heavy atom. The van der Waals surface area contributed by atoms with Gasteiger partial charge in [-0.15, -0.1) is 0 Å². The number of hydrogen-bond donors (Lipinski definition) is 1. The van der Waals surface area contributed by atoms with Gasteiger partial charge in [0.1, 0.15) is 0 Å². The van der Waals surface area contributed by atoms with E-state index in [4.69, 9.17) is 5.73 Å². The Hall–Kier alpha value is -0.380. The number of likely N-dealkylation sites (N-methyl/N-ethyl adjacent to an activating group) is 1. The molecule has 2 nitrogen and oxygen atoms in total. The van der Waals surface area contributed by atoms with Crippen LogP contribution in [0.25, 0.3) is 0 Å². The van der Waals surface area contributed by atoms with Crippen molar-refractivity contribution < 1.29 is 0 Å². The summed E-state index contributed by atoms with van der Waals surface area (Å²) in [5.74, 6) is 0. The zero-order chi connectivity index (χ0) is 12.2. The van der Waals surface area contributed by atoms with Crippen molar-refractivity contribution in [3.8, 4) is 0 Å². The Morgan fingerprint density at radius 2 is 1.88 bits per heavy atom. The summed E-state index contributed by atoms with van der Waals surface area (Å²) < 4.78 is 1.12. The molecule has 0 saturated heterocycles. The molecule has 0 amide bonds. The first-order chi connectivity index (χ1) is 7.51. The molecule has 0 fully saturated rings. The summed E-state index contributed by atoms with van der Waals surface area (Å²) in [5.41, 5.74) is 7.28. The highest BCUT2D eigenvalue weighted by atomic mass is 79.9. The molecular weight excluding hydrogens is 264 g/mol. The number of hydrogen-bond acceptors (Lipinski definition) is 2. The van der Waals surface area contributed by atoms with Gasteiger partial charge in [0.2, 0.25) is 0 Å². The van der Waals surface area contributed by atoms with Crippen molar-refractivity contribution in [2.45, 2.75) is 25.8 Å². The molecule has 3 heteroatoms. The molecule has 0 aliphatic carbocycles. The minimum absolute atomic E-state index is 0.0442. The predicted molar refractivity (Wildman–Crippen MR) is 73.6 cm³/mol. The Balaban J connectivity index is 2.80. The van der Waals surface area contributed by atoms with Crippen LogP contribution >= 0.6 is 15.9 Å². The van der Waals surface area contributed by atoms with Crippen molar-refractivity contribution in [3.05, 3.63) is 34.3 Å². The van der Waals surface area contributed by atoms with E-state index in [0.717, 1.165) is 17.4 Å². The molecule has 1 atom stereocenters. The maximum absolute atomic E-state index is 5.91. The Kier molecular flexibility index (Phi) is 4.96. The van der Waals surface area contributed by atoms with Crippen molar-refractivity contribution in [1.82, 2.24) is 4.90 Å². The first-order valence-electron chi connectivity index (χ1n) is 5.67. The molecule has 0 spiro atoms. The summed E-state index contributed by atoms with van der Waals surface area (Å²) in [4.78, 5) is 2.31. The van der Waals surface area contributed by atoms with E-state index in [1.807, 2.05) is 0 Å². The van der Waals surface area contributed by atoms with E-state index in [2.05, 4.69) is 66.0 Å². The van der Waals surface area contributed by atoms with Crippen LogP contribution in [-0.4, -0.2) is 30.6 Å². The molecule has 1 unspecified atom stereocenters. The molecule has 16 heavy (non-hydrogen) atoms. The van der Waals surface area contributed by atoms with Gasteiger partial charge in [-0.05, 0) is 44.6 Å². The predicted octanol–water partition coefficient (Wildman–Crippen LogP) is 2.66. The molecule has 0 radical (unpaired) electrons. The smallest absolute Gasteiger partial charge is 0.0340 e. The first-order valence-corrected chi connectivity index (χ1v) is 6.47. The molecule has 0 heterocycles. The quantitative estimate of drug-likeness (QED) is 0.901. The third kappa shape index (κ3) is 3.30. The first kappa shape index (κ1) is 13.7. The van der Waals surface area contributed by atoms with Crippen LogP contribution < -0.4 is 5.73 Å². The van der Waals surface area contributed by atoms with E-state index in [1.165, 1.54) is 5.56 Å². The average Bonchev–Trinajstić information content (AvgIpc) is 2.31. The van der Waals surface area contributed by atoms with Gasteiger partial charge in [0.05, 0.1) is 0 Å². The van der Waals surface area contributed by atoms with Gasteiger partial charge < -0.3 is 5.73 Å². The average molecular weight is 285 g/mol. The second-order valence-corrected chi connectivity index (χ2v) is 5.43. The van der Waals surface area contributed by atoms with Crippen LogP contribution in [-0.2, 0) is 6.42 Å². The van der Waals surface area contributed by atoms with Crippen molar-refractivity contribution >= 4 is 15.9 Å². The SMILES string of the molecule is CCN(C)C(C)(CN)Cc1ccc(Br)cc1. The van der Waals surface area contributed by atoms with Gasteiger partial charge in [0.15, 0.2) is 0 Å². The van der Waals surface area contributed by atoms with Crippen molar-refractivity contribution in [2.24, 2.45) is 5.73 Å². The molecule has 90 valence electrons. The second-order valence-electron chi connectivity index (χ2n) is 4.52. The highest BCUT2D eigenvalue weighted by Gasteiger charge is 2.26. The van der Waals surface area contributed by atoms with E-state index >= 15 is 0 Å². The van der Waals surface area contributed by atoms with E-state index in [1.54, 1.807) is 0 Å². The summed E-state index contributed by atoms with van der Waals surface area (Å²) in [6, 6.07) is 8.47. The Labute approximate surface area is 107 Å². The topological polar surface area (TPSA) is 29.3 Å². The number of nitrogens with two attached hydrogens (primary N) is 1. The van der Waals surface area contributed by atoms with E-state index in [0.29, 0.717) is 6.54 Å². The van der Waals surface area contributed by atoms with Crippen molar-refractivity contribution in [2.75, 3.05) is 20.1 Å². The lowest BCUT2D eigenvalue weighted by Crippen LogP contribution is -2.51. The molecular formula is C13H21BrN2. The third-order valence-corrected chi connectivity index (χ3v) is 3.86. The Bertz CT molecular complexity index is 323. The van der Waals surface area contributed by atoms with Crippen LogP contribution in [0, 0.1) is 0 Å². The highest BCUT2D eigenvalue weighted by molar-refractivity contribution is 9.10. The van der Waals surface area contributed by atoms with Gasteiger partial charge in [-0.2, -0.15) is 0 Å². The van der Waals surface area contributed by atoms with Gasteiger partial charge in [0.25, 0.3) is 0 Å². The molecule has 2 N–H and O–H groups in total. The van der Waals surface area contributed by atoms with Gasteiger partial charge in [-0.25, -0.2) is 0 Å². The fourth-order valence-corrected chi connectivity index (χ4v) is 2.05. The molecule has 0 aromatic heterocycles. The van der Waals surface area contributed by atoms with Crippen molar-refractivity contribution in [1.29, 1.82) is 0 Å². The summed E-state index contributed by atoms with van der Waals surface area (Å²) in [6.45, 7) is 6.08. The second kappa shape index (κ2) is 5.80. The fourth-order valence-electron chi connectivity index (χ4n) is 1.79. The number of nitrogens with zero attached hydrogens (tertiary/aromatic N) is 1. The third-order valence-electron chi connectivity index (χ3n) is 3.33. The lowest BCUT2D eigenvalue weighted by atomic mass is 9.91. The van der Waals surface area contributed by atoms with Gasteiger partial charge in [-0.3, -0.25) is 4.90 Å². The van der Waals surface area contributed by atoms with E-state index < -0.39 is 0 Å². The summed E-state index contributed by atoms with van der Waals surface area (Å²) in [6.07, 6.45) is 0.987. The Morgan fingerprint density at radius 3 is 2.31 bits per heavy atom. The largest absolute Gasteiger partial charge is 0.329 e. The van der Waals surface area contributed by atoms with E-state index in [9.17, 15) is 0 Å². The summed E-state index contributed by atoms with van der Waals surface area (Å²) >= 11 is 3.45. The van der Waals surface area contributed by atoms with E-state index in [-0.39, 0.29) is 5.54 Å². The molecule has 1 aromatic rings. The molecule has 1 aromatic carbocycles. The maximum atomic E-state index is 5.91. The zero-order valence-corrected chi connectivity index (χ0v) is 11.9. The standard InChI is InChI=1S/C13H21BrN2/c1-4-16(3)13(2,10-15)9-11-5-7-12(14)8-6-11/h5-8H,4,9-10,15H2,1-3H3. The van der Waals surface area contributed by atoms with Gasteiger partial charge in [-0.1, -0.05) is 35.0 Å². The van der Waals surface area contributed by atoms with Crippen LogP contribution in [0.5, 0.6) is 0 Å². The molecule has 0 bridgehead atoms. The van der Waals surface area contributed by atoms with Gasteiger partial charge >= 0.3 is 0 Å². The van der Waals surface area contributed by atoms with Crippen LogP contribution in [0.4, 0.5) is 0 Å². The van der Waals surface area contributed by atoms with Crippen LogP contribution in [0.15, 0.2) is 28.7 Å². The maximum Gasteiger partial charge on any atom is 0.0340 e. The summed E-state index contributed by atoms with van der Waals surface area (Å²) in [7, 11) is 2.13. The normalized spacial score (nSPS) is 15.1. The van der Waals surface area contributed by atoms with Gasteiger partial charge in [0, 0.05) is 16.6 Å². The minimum Gasteiger partial charge on any atom is -0.329 e. The lowest BCUT2D eigenvalue weighted by molar-refractivity contribution is 0.152. The fraction of sp³-hybridized carbons (Fsp3) is 0.538. The summed E-state index contributed by atoms with van der Waals surface area (Å²) in [5, 5.41) is 0. The molecule has 0 aliphatic rings. The zero-order valence-electron chi connectivity index (χ0n) is 10.3. The molecule has 1 rings (SSSR count). The number of halogens is 1.